The minimum absolute atomic E-state index is 0.0805. The second-order valence-electron chi connectivity index (χ2n) is 6.40. The van der Waals surface area contributed by atoms with Gasteiger partial charge in [-0.05, 0) is 42.5 Å². The van der Waals surface area contributed by atoms with Crippen LogP contribution in [-0.2, 0) is 9.05 Å². The molecule has 1 atom stereocenters. The highest BCUT2D eigenvalue weighted by Crippen LogP contribution is 2.29. The van der Waals surface area contributed by atoms with Gasteiger partial charge in [-0.2, -0.15) is 0 Å². The van der Waals surface area contributed by atoms with Crippen LogP contribution < -0.4 is 4.74 Å². The van der Waals surface area contributed by atoms with Gasteiger partial charge >= 0.3 is 0 Å². The van der Waals surface area contributed by atoms with Crippen molar-refractivity contribution in [3.05, 3.63) is 29.3 Å². The van der Waals surface area contributed by atoms with E-state index in [9.17, 15) is 8.42 Å². The van der Waals surface area contributed by atoms with Gasteiger partial charge in [0.15, 0.2) is 0 Å². The van der Waals surface area contributed by atoms with Gasteiger partial charge in [0.1, 0.15) is 5.75 Å². The highest BCUT2D eigenvalue weighted by Gasteiger charge is 2.29. The molecule has 0 amide bonds. The summed E-state index contributed by atoms with van der Waals surface area (Å²) in [4.78, 5) is 0. The van der Waals surface area contributed by atoms with Gasteiger partial charge in [0.2, 0.25) is 9.05 Å². The van der Waals surface area contributed by atoms with Crippen LogP contribution in [-0.4, -0.2) is 20.8 Å². The van der Waals surface area contributed by atoms with Crippen molar-refractivity contribution in [1.29, 1.82) is 0 Å². The number of aryl methyl sites for hydroxylation is 2. The van der Waals surface area contributed by atoms with Crippen molar-refractivity contribution in [2.45, 2.75) is 34.6 Å². The van der Waals surface area contributed by atoms with Gasteiger partial charge in [0.05, 0.1) is 12.4 Å². The molecule has 1 aromatic carbocycles. The first kappa shape index (κ1) is 17.3. The van der Waals surface area contributed by atoms with Crippen LogP contribution in [0.25, 0.3) is 0 Å². The van der Waals surface area contributed by atoms with Crippen LogP contribution in [0.2, 0.25) is 0 Å². The number of hydrogen-bond donors (Lipinski definition) is 0. The molecule has 0 aliphatic heterocycles. The fourth-order valence-electron chi connectivity index (χ4n) is 2.00. The maximum absolute atomic E-state index is 11.3. The Hall–Kier alpha value is -0.740. The summed E-state index contributed by atoms with van der Waals surface area (Å²) < 4.78 is 28.4. The van der Waals surface area contributed by atoms with Crippen LogP contribution in [0.1, 0.15) is 31.9 Å². The molecule has 0 spiro atoms. The molecule has 1 unspecified atom stereocenters. The Morgan fingerprint density at radius 1 is 1.15 bits per heavy atom. The van der Waals surface area contributed by atoms with E-state index in [4.69, 9.17) is 15.4 Å². The molecule has 0 heterocycles. The lowest BCUT2D eigenvalue weighted by atomic mass is 9.82. The van der Waals surface area contributed by atoms with Gasteiger partial charge in [-0.1, -0.05) is 26.8 Å². The van der Waals surface area contributed by atoms with Gasteiger partial charge in [0.25, 0.3) is 0 Å². The molecule has 0 saturated heterocycles. The lowest BCUT2D eigenvalue weighted by Gasteiger charge is -2.29. The van der Waals surface area contributed by atoms with Crippen molar-refractivity contribution in [3.63, 3.8) is 0 Å². The third-order valence-corrected chi connectivity index (χ3v) is 4.45. The van der Waals surface area contributed by atoms with E-state index >= 15 is 0 Å². The topological polar surface area (TPSA) is 43.4 Å². The predicted octanol–water partition coefficient (Wildman–Crippen LogP) is 3.91. The monoisotopic (exact) mass is 318 g/mol. The molecule has 0 N–H and O–H groups in total. The SMILES string of the molecule is Cc1cc(C)cc(OCC(CS(=O)(=O)Cl)C(C)(C)C)c1. The zero-order chi connectivity index (χ0) is 15.6. The first-order valence-electron chi connectivity index (χ1n) is 6.61. The third-order valence-electron chi connectivity index (χ3n) is 3.27. The number of hydrogen-bond acceptors (Lipinski definition) is 3. The summed E-state index contributed by atoms with van der Waals surface area (Å²) in [6.07, 6.45) is 0. The fraction of sp³-hybridized carbons (Fsp3) is 0.600. The smallest absolute Gasteiger partial charge is 0.233 e. The molecule has 0 bridgehead atoms. The van der Waals surface area contributed by atoms with E-state index in [1.165, 1.54) is 0 Å². The van der Waals surface area contributed by atoms with Gasteiger partial charge < -0.3 is 4.74 Å². The normalized spacial score (nSPS) is 14.1. The van der Waals surface area contributed by atoms with Crippen molar-refractivity contribution < 1.29 is 13.2 Å². The average Bonchev–Trinajstić information content (AvgIpc) is 2.19. The molecule has 0 fully saturated rings. The lowest BCUT2D eigenvalue weighted by Crippen LogP contribution is -2.31. The number of halogens is 1. The van der Waals surface area contributed by atoms with Crippen LogP contribution in [0.5, 0.6) is 5.75 Å². The maximum atomic E-state index is 11.3. The Labute approximate surface area is 126 Å². The average molecular weight is 319 g/mol. The van der Waals surface area contributed by atoms with Crippen molar-refractivity contribution in [2.24, 2.45) is 11.3 Å². The van der Waals surface area contributed by atoms with Crippen LogP contribution in [0.15, 0.2) is 18.2 Å². The zero-order valence-electron chi connectivity index (χ0n) is 12.7. The quantitative estimate of drug-likeness (QED) is 0.773. The standard InChI is InChI=1S/C15H23ClO3S/c1-11-6-12(2)8-14(7-11)19-9-13(15(3,4)5)10-20(16,17)18/h6-8,13H,9-10H2,1-5H3. The van der Waals surface area contributed by atoms with E-state index in [-0.39, 0.29) is 17.1 Å². The van der Waals surface area contributed by atoms with Gasteiger partial charge in [-0.15, -0.1) is 0 Å². The maximum Gasteiger partial charge on any atom is 0.233 e. The molecule has 3 nitrogen and oxygen atoms in total. The summed E-state index contributed by atoms with van der Waals surface area (Å²) in [5.41, 5.74) is 2.05. The molecule has 5 heteroatoms. The Bertz CT molecular complexity index is 539. The second-order valence-corrected chi connectivity index (χ2v) is 9.22. The lowest BCUT2D eigenvalue weighted by molar-refractivity contribution is 0.163. The van der Waals surface area contributed by atoms with E-state index < -0.39 is 9.05 Å². The molecular weight excluding hydrogens is 296 g/mol. The number of ether oxygens (including phenoxy) is 1. The molecule has 0 aliphatic carbocycles. The van der Waals surface area contributed by atoms with Crippen molar-refractivity contribution in [3.8, 4) is 5.75 Å². The molecule has 0 radical (unpaired) electrons. The van der Waals surface area contributed by atoms with E-state index in [0.717, 1.165) is 16.9 Å². The van der Waals surface area contributed by atoms with Crippen LogP contribution in [0.3, 0.4) is 0 Å². The van der Waals surface area contributed by atoms with Crippen LogP contribution in [0, 0.1) is 25.2 Å². The van der Waals surface area contributed by atoms with Gasteiger partial charge in [-0.25, -0.2) is 8.42 Å². The summed E-state index contributed by atoms with van der Waals surface area (Å²) >= 11 is 0. The highest BCUT2D eigenvalue weighted by molar-refractivity contribution is 8.13. The minimum Gasteiger partial charge on any atom is -0.493 e. The summed E-state index contributed by atoms with van der Waals surface area (Å²) in [5.74, 6) is 0.526. The molecule has 0 saturated carbocycles. The Kier molecular flexibility index (Phi) is 5.50. The largest absolute Gasteiger partial charge is 0.493 e. The predicted molar refractivity (Wildman–Crippen MR) is 84.0 cm³/mol. The first-order valence-corrected chi connectivity index (χ1v) is 9.08. The molecule has 0 aromatic heterocycles. The fourth-order valence-corrected chi connectivity index (χ4v) is 3.53. The Morgan fingerprint density at radius 2 is 1.65 bits per heavy atom. The summed E-state index contributed by atoms with van der Waals surface area (Å²) in [7, 11) is 1.85. The Morgan fingerprint density at radius 3 is 2.05 bits per heavy atom. The summed E-state index contributed by atoms with van der Waals surface area (Å²) in [6.45, 7) is 10.3. The molecule has 0 aliphatic rings. The third kappa shape index (κ3) is 6.14. The summed E-state index contributed by atoms with van der Waals surface area (Å²) in [5, 5.41) is 0. The van der Waals surface area contributed by atoms with Crippen molar-refractivity contribution >= 4 is 19.7 Å². The molecule has 114 valence electrons. The molecule has 1 rings (SSSR count). The van der Waals surface area contributed by atoms with Gasteiger partial charge in [0, 0.05) is 16.6 Å². The number of rotatable bonds is 5. The second kappa shape index (κ2) is 6.35. The molecule has 20 heavy (non-hydrogen) atoms. The van der Waals surface area contributed by atoms with E-state index in [1.807, 2.05) is 46.8 Å². The summed E-state index contributed by atoms with van der Waals surface area (Å²) in [6, 6.07) is 5.96. The molecule has 1 aromatic rings. The first-order chi connectivity index (χ1) is 8.97. The van der Waals surface area contributed by atoms with E-state index in [1.54, 1.807) is 0 Å². The molecular formula is C15H23ClO3S. The van der Waals surface area contributed by atoms with Crippen LogP contribution >= 0.6 is 10.7 Å². The van der Waals surface area contributed by atoms with E-state index in [0.29, 0.717) is 6.61 Å². The Balaban J connectivity index is 2.81. The minimum atomic E-state index is -3.53. The highest BCUT2D eigenvalue weighted by atomic mass is 35.7. The van der Waals surface area contributed by atoms with Gasteiger partial charge in [-0.3, -0.25) is 0 Å². The van der Waals surface area contributed by atoms with Crippen LogP contribution in [0.4, 0.5) is 0 Å². The van der Waals surface area contributed by atoms with Crippen molar-refractivity contribution in [2.75, 3.05) is 12.4 Å². The number of benzene rings is 1. The zero-order valence-corrected chi connectivity index (χ0v) is 14.3. The van der Waals surface area contributed by atoms with Crippen molar-refractivity contribution in [1.82, 2.24) is 0 Å². The van der Waals surface area contributed by atoms with E-state index in [2.05, 4.69) is 6.07 Å².